The average Bonchev–Trinajstić information content (AvgIpc) is 3.16. The van der Waals surface area contributed by atoms with E-state index < -0.39 is 6.29 Å². The number of ether oxygens (including phenoxy) is 2. The third-order valence-corrected chi connectivity index (χ3v) is 4.22. The second-order valence-corrected chi connectivity index (χ2v) is 6.21. The van der Waals surface area contributed by atoms with Crippen LogP contribution in [0.4, 0.5) is 14.6 Å². The third-order valence-electron chi connectivity index (χ3n) is 3.91. The Bertz CT molecular complexity index is 1030. The highest BCUT2D eigenvalue weighted by atomic mass is 35.5. The van der Waals surface area contributed by atoms with Gasteiger partial charge in [-0.1, -0.05) is 11.6 Å². The summed E-state index contributed by atoms with van der Waals surface area (Å²) in [6, 6.07) is 5.82. The van der Waals surface area contributed by atoms with Gasteiger partial charge in [-0.3, -0.25) is 4.79 Å². The van der Waals surface area contributed by atoms with Crippen LogP contribution in [0.3, 0.4) is 0 Å². The molecule has 9 heteroatoms. The molecule has 0 radical (unpaired) electrons. The van der Waals surface area contributed by atoms with Gasteiger partial charge in [0.15, 0.2) is 11.5 Å². The van der Waals surface area contributed by atoms with Gasteiger partial charge >= 0.3 is 6.29 Å². The molecule has 0 saturated carbocycles. The van der Waals surface area contributed by atoms with Gasteiger partial charge in [-0.25, -0.2) is 4.98 Å². The fourth-order valence-corrected chi connectivity index (χ4v) is 2.86. The lowest BCUT2D eigenvalue weighted by molar-refractivity contribution is -0.286. The molecule has 0 saturated heterocycles. The number of pyridine rings is 1. The van der Waals surface area contributed by atoms with E-state index in [0.717, 1.165) is 0 Å². The molecule has 0 fully saturated rings. The molecular formula is C18H11ClF2N2O4. The summed E-state index contributed by atoms with van der Waals surface area (Å²) < 4.78 is 40.1. The molecular weight excluding hydrogens is 382 g/mol. The molecule has 6 nitrogen and oxygen atoms in total. The standard InChI is InChI=1S/C18H11ClF2N2O4/c1-9-7-25-8-12(9)17(24)23-16-3-2-10(6-22-16)11-4-14-15(5-13(11)19)27-18(20,21)26-14/h2-8H,1H3,(H,22,23,24). The van der Waals surface area contributed by atoms with E-state index >= 15 is 0 Å². The van der Waals surface area contributed by atoms with Crippen LogP contribution >= 0.6 is 11.6 Å². The number of nitrogens with zero attached hydrogens (tertiary/aromatic N) is 1. The number of halogens is 3. The minimum atomic E-state index is -3.72. The monoisotopic (exact) mass is 392 g/mol. The van der Waals surface area contributed by atoms with Crippen LogP contribution in [-0.2, 0) is 0 Å². The lowest BCUT2D eigenvalue weighted by atomic mass is 10.1. The van der Waals surface area contributed by atoms with Crippen LogP contribution in [0.2, 0.25) is 5.02 Å². The highest BCUT2D eigenvalue weighted by Crippen LogP contribution is 2.45. The smallest absolute Gasteiger partial charge is 0.471 e. The predicted molar refractivity (Wildman–Crippen MR) is 92.3 cm³/mol. The topological polar surface area (TPSA) is 73.6 Å². The maximum atomic E-state index is 13.2. The summed E-state index contributed by atoms with van der Waals surface area (Å²) in [5.74, 6) is -0.300. The summed E-state index contributed by atoms with van der Waals surface area (Å²) in [6.07, 6.45) is 0.555. The number of hydrogen-bond donors (Lipinski definition) is 1. The van der Waals surface area contributed by atoms with Crippen molar-refractivity contribution in [3.05, 3.63) is 59.1 Å². The number of benzene rings is 1. The van der Waals surface area contributed by atoms with Crippen molar-refractivity contribution in [3.63, 3.8) is 0 Å². The average molecular weight is 393 g/mol. The number of anilines is 1. The first-order chi connectivity index (χ1) is 12.8. The first-order valence-electron chi connectivity index (χ1n) is 7.72. The van der Waals surface area contributed by atoms with Crippen molar-refractivity contribution < 1.29 is 27.5 Å². The molecule has 2 aromatic heterocycles. The third kappa shape index (κ3) is 3.31. The first-order valence-corrected chi connectivity index (χ1v) is 8.10. The number of hydrogen-bond acceptors (Lipinski definition) is 5. The van der Waals surface area contributed by atoms with Gasteiger partial charge in [0.05, 0.1) is 16.8 Å². The maximum Gasteiger partial charge on any atom is 0.586 e. The highest BCUT2D eigenvalue weighted by Gasteiger charge is 2.43. The van der Waals surface area contributed by atoms with Crippen molar-refractivity contribution in [3.8, 4) is 22.6 Å². The molecule has 1 aliphatic heterocycles. The molecule has 3 aromatic rings. The van der Waals surface area contributed by atoms with Crippen molar-refractivity contribution >= 4 is 23.3 Å². The normalized spacial score (nSPS) is 14.2. The van der Waals surface area contributed by atoms with Gasteiger partial charge < -0.3 is 19.2 Å². The Kier molecular flexibility index (Phi) is 4.00. The Labute approximate surface area is 156 Å². The summed E-state index contributed by atoms with van der Waals surface area (Å²) in [4.78, 5) is 16.3. The van der Waals surface area contributed by atoms with E-state index in [1.165, 1.54) is 30.9 Å². The van der Waals surface area contributed by atoms with E-state index in [0.29, 0.717) is 28.1 Å². The highest BCUT2D eigenvalue weighted by molar-refractivity contribution is 6.33. The van der Waals surface area contributed by atoms with Crippen LogP contribution in [0.15, 0.2) is 47.4 Å². The molecule has 27 heavy (non-hydrogen) atoms. The molecule has 138 valence electrons. The Balaban J connectivity index is 1.57. The van der Waals surface area contributed by atoms with Crippen LogP contribution < -0.4 is 14.8 Å². The zero-order valence-electron chi connectivity index (χ0n) is 13.8. The molecule has 0 spiro atoms. The number of nitrogens with one attached hydrogen (secondary N) is 1. The van der Waals surface area contributed by atoms with Gasteiger partial charge in [-0.15, -0.1) is 8.78 Å². The summed E-state index contributed by atoms with van der Waals surface area (Å²) in [5, 5.41) is 2.84. The fourth-order valence-electron chi connectivity index (χ4n) is 2.60. The number of fused-ring (bicyclic) bond motifs is 1. The van der Waals surface area contributed by atoms with Gasteiger partial charge in [0.1, 0.15) is 12.1 Å². The molecule has 1 amide bonds. The zero-order chi connectivity index (χ0) is 19.2. The second-order valence-electron chi connectivity index (χ2n) is 5.80. The molecule has 0 unspecified atom stereocenters. The largest absolute Gasteiger partial charge is 0.586 e. The lowest BCUT2D eigenvalue weighted by Crippen LogP contribution is -2.25. The number of carbonyl (C=O) groups excluding carboxylic acids is 1. The van der Waals surface area contributed by atoms with Gasteiger partial charge in [-0.2, -0.15) is 0 Å². The van der Waals surface area contributed by atoms with Crippen LogP contribution in [0.25, 0.3) is 11.1 Å². The van der Waals surface area contributed by atoms with Crippen molar-refractivity contribution in [2.24, 2.45) is 0 Å². The SMILES string of the molecule is Cc1cocc1C(=O)Nc1ccc(-c2cc3c(cc2Cl)OC(F)(F)O3)cn1. The summed E-state index contributed by atoms with van der Waals surface area (Å²) in [5.41, 5.74) is 2.10. The second kappa shape index (κ2) is 6.24. The quantitative estimate of drug-likeness (QED) is 0.687. The van der Waals surface area contributed by atoms with E-state index in [-0.39, 0.29) is 22.4 Å². The lowest BCUT2D eigenvalue weighted by Gasteiger charge is -2.08. The molecule has 1 N–H and O–H groups in total. The van der Waals surface area contributed by atoms with Crippen molar-refractivity contribution in [1.82, 2.24) is 4.98 Å². The summed E-state index contributed by atoms with van der Waals surface area (Å²) in [6.45, 7) is 1.75. The number of rotatable bonds is 3. The Hall–Kier alpha value is -3.13. The predicted octanol–water partition coefficient (Wildman–Crippen LogP) is 4.88. The maximum absolute atomic E-state index is 13.2. The van der Waals surface area contributed by atoms with Crippen LogP contribution in [0.5, 0.6) is 11.5 Å². The number of aryl methyl sites for hydroxylation is 1. The van der Waals surface area contributed by atoms with Crippen molar-refractivity contribution in [2.75, 3.05) is 5.32 Å². The molecule has 1 aromatic carbocycles. The van der Waals surface area contributed by atoms with Gasteiger partial charge in [0.25, 0.3) is 5.91 Å². The summed E-state index contributed by atoms with van der Waals surface area (Å²) in [7, 11) is 0. The van der Waals surface area contributed by atoms with Crippen LogP contribution in [-0.4, -0.2) is 17.2 Å². The Morgan fingerprint density at radius 3 is 2.56 bits per heavy atom. The minimum Gasteiger partial charge on any atom is -0.471 e. The Morgan fingerprint density at radius 1 is 1.19 bits per heavy atom. The first kappa shape index (κ1) is 17.3. The fraction of sp³-hybridized carbons (Fsp3) is 0.111. The van der Waals surface area contributed by atoms with E-state index in [4.69, 9.17) is 16.0 Å². The molecule has 0 atom stereocenters. The van der Waals surface area contributed by atoms with Crippen LogP contribution in [0.1, 0.15) is 15.9 Å². The Morgan fingerprint density at radius 2 is 1.93 bits per heavy atom. The number of alkyl halides is 2. The number of furan rings is 1. The molecule has 3 heterocycles. The number of aromatic nitrogens is 1. The van der Waals surface area contributed by atoms with Gasteiger partial charge in [0, 0.05) is 23.4 Å². The van der Waals surface area contributed by atoms with Gasteiger partial charge in [0.2, 0.25) is 0 Å². The van der Waals surface area contributed by atoms with Crippen molar-refractivity contribution in [2.45, 2.75) is 13.2 Å². The van der Waals surface area contributed by atoms with Crippen molar-refractivity contribution in [1.29, 1.82) is 0 Å². The van der Waals surface area contributed by atoms with E-state index in [9.17, 15) is 13.6 Å². The zero-order valence-corrected chi connectivity index (χ0v) is 14.5. The molecule has 0 bridgehead atoms. The van der Waals surface area contributed by atoms with E-state index in [1.54, 1.807) is 19.1 Å². The van der Waals surface area contributed by atoms with E-state index in [2.05, 4.69) is 19.8 Å². The molecule has 4 rings (SSSR count). The summed E-state index contributed by atoms with van der Waals surface area (Å²) >= 11 is 6.16. The number of amides is 1. The molecule has 1 aliphatic rings. The number of carbonyl (C=O) groups is 1. The van der Waals surface area contributed by atoms with Crippen LogP contribution in [0, 0.1) is 6.92 Å². The minimum absolute atomic E-state index is 0.118. The van der Waals surface area contributed by atoms with E-state index in [1.807, 2.05) is 0 Å². The van der Waals surface area contributed by atoms with Gasteiger partial charge in [-0.05, 0) is 30.7 Å². The molecule has 0 aliphatic carbocycles.